The lowest BCUT2D eigenvalue weighted by atomic mass is 9.67. The van der Waals surface area contributed by atoms with E-state index in [0.717, 1.165) is 17.1 Å². The monoisotopic (exact) mass is 787 g/mol. The molecule has 1 heteroatoms. The molecule has 0 aromatic heterocycles. The Morgan fingerprint density at radius 2 is 0.758 bits per heavy atom. The molecular formula is C61H41N. The van der Waals surface area contributed by atoms with Crippen molar-refractivity contribution < 1.29 is 0 Å². The number of rotatable bonds is 7. The minimum absolute atomic E-state index is 0.448. The number of nitrogens with zero attached hydrogens (tertiary/aromatic N) is 1. The average molecular weight is 788 g/mol. The molecule has 11 aromatic carbocycles. The van der Waals surface area contributed by atoms with E-state index in [4.69, 9.17) is 0 Å². The summed E-state index contributed by atoms with van der Waals surface area (Å²) in [7, 11) is 0. The Labute approximate surface area is 362 Å². The van der Waals surface area contributed by atoms with Gasteiger partial charge in [0.1, 0.15) is 0 Å². The normalized spacial score (nSPS) is 12.6. The van der Waals surface area contributed by atoms with Gasteiger partial charge in [0, 0.05) is 16.8 Å². The summed E-state index contributed by atoms with van der Waals surface area (Å²) in [4.78, 5) is 2.44. The summed E-state index contributed by atoms with van der Waals surface area (Å²) in [6.07, 6.45) is 0. The summed E-state index contributed by atoms with van der Waals surface area (Å²) in [6.45, 7) is 0. The van der Waals surface area contributed by atoms with Gasteiger partial charge in [-0.05, 0) is 113 Å². The highest BCUT2D eigenvalue weighted by molar-refractivity contribution is 6.14. The third-order valence-electron chi connectivity index (χ3n) is 13.1. The van der Waals surface area contributed by atoms with Gasteiger partial charge in [-0.25, -0.2) is 0 Å². The molecule has 0 fully saturated rings. The second-order valence-electron chi connectivity index (χ2n) is 16.4. The van der Waals surface area contributed by atoms with Crippen molar-refractivity contribution >= 4 is 49.4 Å². The first kappa shape index (κ1) is 35.9. The van der Waals surface area contributed by atoms with E-state index in [0.29, 0.717) is 0 Å². The third kappa shape index (κ3) is 5.56. The van der Waals surface area contributed by atoms with Crippen molar-refractivity contribution in [3.63, 3.8) is 0 Å². The van der Waals surface area contributed by atoms with Gasteiger partial charge in [0.15, 0.2) is 0 Å². The van der Waals surface area contributed by atoms with Crippen LogP contribution in [0.15, 0.2) is 249 Å². The van der Waals surface area contributed by atoms with Crippen molar-refractivity contribution in [2.24, 2.45) is 0 Å². The molecule has 0 spiro atoms. The molecule has 62 heavy (non-hydrogen) atoms. The first-order valence-corrected chi connectivity index (χ1v) is 21.5. The Bertz CT molecular complexity index is 3400. The largest absolute Gasteiger partial charge is 0.310 e. The Balaban J connectivity index is 1.03. The fourth-order valence-electron chi connectivity index (χ4n) is 10.4. The Morgan fingerprint density at radius 3 is 1.45 bits per heavy atom. The second-order valence-corrected chi connectivity index (χ2v) is 16.4. The van der Waals surface area contributed by atoms with Crippen LogP contribution in [0.1, 0.15) is 22.3 Å². The van der Waals surface area contributed by atoms with E-state index in [1.54, 1.807) is 0 Å². The van der Waals surface area contributed by atoms with Crippen LogP contribution >= 0.6 is 0 Å². The lowest BCUT2D eigenvalue weighted by molar-refractivity contribution is 0.768. The molecule has 0 radical (unpaired) electrons. The van der Waals surface area contributed by atoms with E-state index in [9.17, 15) is 0 Å². The molecule has 11 aromatic rings. The van der Waals surface area contributed by atoms with Crippen molar-refractivity contribution in [1.82, 2.24) is 0 Å². The molecule has 0 saturated heterocycles. The van der Waals surface area contributed by atoms with Gasteiger partial charge in [-0.2, -0.15) is 0 Å². The summed E-state index contributed by atoms with van der Waals surface area (Å²) in [5.74, 6) is 0. The zero-order valence-electron chi connectivity index (χ0n) is 34.1. The van der Waals surface area contributed by atoms with Gasteiger partial charge < -0.3 is 4.90 Å². The minimum atomic E-state index is -0.448. The van der Waals surface area contributed by atoms with Crippen molar-refractivity contribution in [3.05, 3.63) is 271 Å². The van der Waals surface area contributed by atoms with Gasteiger partial charge in [0.25, 0.3) is 0 Å². The zero-order chi connectivity index (χ0) is 41.0. The van der Waals surface area contributed by atoms with Crippen LogP contribution in [0.4, 0.5) is 17.1 Å². The van der Waals surface area contributed by atoms with Crippen LogP contribution in [-0.4, -0.2) is 0 Å². The van der Waals surface area contributed by atoms with Crippen molar-refractivity contribution in [3.8, 4) is 33.4 Å². The molecule has 0 heterocycles. The van der Waals surface area contributed by atoms with Crippen molar-refractivity contribution in [2.45, 2.75) is 5.41 Å². The van der Waals surface area contributed by atoms with Gasteiger partial charge in [0.05, 0.1) is 11.1 Å². The summed E-state index contributed by atoms with van der Waals surface area (Å²) in [5, 5.41) is 7.44. The van der Waals surface area contributed by atoms with Crippen LogP contribution in [0.3, 0.4) is 0 Å². The summed E-state index contributed by atoms with van der Waals surface area (Å²) in [5.41, 5.74) is 15.5. The smallest absolute Gasteiger partial charge is 0.0713 e. The summed E-state index contributed by atoms with van der Waals surface area (Å²) in [6, 6.07) is 91.5. The molecule has 12 rings (SSSR count). The Hall–Kier alpha value is -8.00. The molecule has 1 nitrogen and oxygen atoms in total. The fourth-order valence-corrected chi connectivity index (χ4v) is 10.4. The molecule has 0 bridgehead atoms. The highest BCUT2D eigenvalue weighted by Crippen LogP contribution is 2.58. The number of fused-ring (bicyclic) bond motifs is 7. The third-order valence-corrected chi connectivity index (χ3v) is 13.1. The van der Waals surface area contributed by atoms with E-state index < -0.39 is 5.41 Å². The van der Waals surface area contributed by atoms with Gasteiger partial charge >= 0.3 is 0 Å². The maximum Gasteiger partial charge on any atom is 0.0713 e. The molecule has 290 valence electrons. The van der Waals surface area contributed by atoms with Crippen LogP contribution in [0, 0.1) is 0 Å². The fraction of sp³-hybridized carbons (Fsp3) is 0.0164. The maximum atomic E-state index is 2.44. The highest BCUT2D eigenvalue weighted by atomic mass is 15.1. The average Bonchev–Trinajstić information content (AvgIpc) is 3.66. The standard InChI is InChI=1S/C61H41N/c1-3-20-46(21-4-1)61(47-22-5-2-6-23-47)57-31-14-13-28-56(57)60-53(30-16-32-58(60)61)44-35-39-49(40-36-44)62(59-41-45-18-8-10-25-52(45)54-26-11-12-27-55(54)59)48-37-33-43(34-38-48)51-29-15-19-42-17-7-9-24-50(42)51/h1-41H. The molecule has 0 aliphatic heterocycles. The number of hydrogen-bond acceptors (Lipinski definition) is 1. The van der Waals surface area contributed by atoms with E-state index in [2.05, 4.69) is 254 Å². The molecular weight excluding hydrogens is 747 g/mol. The Morgan fingerprint density at radius 1 is 0.290 bits per heavy atom. The molecule has 0 atom stereocenters. The van der Waals surface area contributed by atoms with Crippen LogP contribution < -0.4 is 4.90 Å². The lowest BCUT2D eigenvalue weighted by Crippen LogP contribution is -2.28. The number of benzene rings is 11. The molecule has 0 amide bonds. The topological polar surface area (TPSA) is 3.24 Å². The summed E-state index contributed by atoms with van der Waals surface area (Å²) < 4.78 is 0. The summed E-state index contributed by atoms with van der Waals surface area (Å²) >= 11 is 0. The molecule has 1 aliphatic rings. The first-order chi connectivity index (χ1) is 30.8. The molecule has 0 unspecified atom stereocenters. The predicted molar refractivity (Wildman–Crippen MR) is 262 cm³/mol. The van der Waals surface area contributed by atoms with Gasteiger partial charge in [-0.3, -0.25) is 0 Å². The van der Waals surface area contributed by atoms with E-state index >= 15 is 0 Å². The Kier molecular flexibility index (Phi) is 8.47. The zero-order valence-corrected chi connectivity index (χ0v) is 34.1. The molecule has 1 aliphatic carbocycles. The SMILES string of the molecule is c1ccc(C2(c3ccccc3)c3ccccc3-c3c(-c4ccc(N(c5ccc(-c6cccc7ccccc67)cc5)c5cc6ccccc6c6ccccc56)cc4)cccc32)cc1. The van der Waals surface area contributed by atoms with E-state index in [1.807, 2.05) is 0 Å². The molecule has 0 N–H and O–H groups in total. The number of hydrogen-bond donors (Lipinski definition) is 0. The highest BCUT2D eigenvalue weighted by Gasteiger charge is 2.46. The number of anilines is 3. The molecule has 0 saturated carbocycles. The maximum absolute atomic E-state index is 2.44. The first-order valence-electron chi connectivity index (χ1n) is 21.5. The van der Waals surface area contributed by atoms with Crippen LogP contribution in [-0.2, 0) is 5.41 Å². The quantitative estimate of drug-likeness (QED) is 0.145. The van der Waals surface area contributed by atoms with Crippen LogP contribution in [0.2, 0.25) is 0 Å². The predicted octanol–water partition coefficient (Wildman–Crippen LogP) is 16.3. The van der Waals surface area contributed by atoms with Crippen molar-refractivity contribution in [2.75, 3.05) is 4.90 Å². The van der Waals surface area contributed by atoms with Gasteiger partial charge in [0.2, 0.25) is 0 Å². The van der Waals surface area contributed by atoms with E-state index in [-0.39, 0.29) is 0 Å². The van der Waals surface area contributed by atoms with E-state index in [1.165, 1.54) is 88.0 Å². The van der Waals surface area contributed by atoms with Crippen LogP contribution in [0.25, 0.3) is 65.7 Å². The van der Waals surface area contributed by atoms with Crippen molar-refractivity contribution in [1.29, 1.82) is 0 Å². The van der Waals surface area contributed by atoms with Crippen LogP contribution in [0.5, 0.6) is 0 Å². The second kappa shape index (κ2) is 14.6. The van der Waals surface area contributed by atoms with Gasteiger partial charge in [-0.1, -0.05) is 218 Å². The lowest BCUT2D eigenvalue weighted by Gasteiger charge is -2.34. The van der Waals surface area contributed by atoms with Gasteiger partial charge in [-0.15, -0.1) is 0 Å². The minimum Gasteiger partial charge on any atom is -0.310 e.